The molecule has 174 valence electrons. The first-order chi connectivity index (χ1) is 15.9. The van der Waals surface area contributed by atoms with E-state index in [4.69, 9.17) is 33.0 Å². The molecule has 9 heteroatoms. The summed E-state index contributed by atoms with van der Waals surface area (Å²) in [4.78, 5) is 15.5. The second-order valence-corrected chi connectivity index (χ2v) is 9.07. The van der Waals surface area contributed by atoms with Crippen molar-refractivity contribution in [2.75, 3.05) is 26.7 Å². The molecule has 0 aromatic heterocycles. The van der Waals surface area contributed by atoms with Crippen LogP contribution in [0.2, 0.25) is 10.0 Å². The molecule has 0 fully saturated rings. The van der Waals surface area contributed by atoms with Gasteiger partial charge in [0.15, 0.2) is 5.71 Å². The highest BCUT2D eigenvalue weighted by Gasteiger charge is 2.37. The summed E-state index contributed by atoms with van der Waals surface area (Å²) in [5, 5.41) is 18.9. The molecule has 4 rings (SSSR count). The van der Waals surface area contributed by atoms with Gasteiger partial charge in [-0.25, -0.2) is 9.69 Å². The van der Waals surface area contributed by atoms with E-state index in [-0.39, 0.29) is 5.91 Å². The number of nitrogens with zero attached hydrogens (tertiary/aromatic N) is 4. The van der Waals surface area contributed by atoms with Gasteiger partial charge in [-0.05, 0) is 35.9 Å². The fraction of sp³-hybridized carbons (Fsp3) is 0.375. The molecule has 33 heavy (non-hydrogen) atoms. The van der Waals surface area contributed by atoms with Crippen LogP contribution in [0.1, 0.15) is 35.7 Å². The van der Waals surface area contributed by atoms with Crippen LogP contribution in [0.15, 0.2) is 47.6 Å². The van der Waals surface area contributed by atoms with Gasteiger partial charge in [-0.15, -0.1) is 4.58 Å². The number of methoxy groups -OCH3 is 1. The van der Waals surface area contributed by atoms with Gasteiger partial charge in [-0.3, -0.25) is 5.01 Å². The van der Waals surface area contributed by atoms with E-state index in [0.29, 0.717) is 41.7 Å². The number of carbonyl (C=O) groups excluding carboxylic acids is 1. The molecule has 1 atom stereocenters. The summed E-state index contributed by atoms with van der Waals surface area (Å²) in [7, 11) is 1.62. The molecule has 1 N–H and O–H groups in total. The summed E-state index contributed by atoms with van der Waals surface area (Å²) in [5.74, 6) is 0.425. The summed E-state index contributed by atoms with van der Waals surface area (Å²) in [6.45, 7) is 4.34. The van der Waals surface area contributed by atoms with Crippen LogP contribution < -0.4 is 4.74 Å². The molecule has 2 heterocycles. The number of ether oxygens (including phenoxy) is 1. The Bertz CT molecular complexity index is 1100. The van der Waals surface area contributed by atoms with Crippen molar-refractivity contribution >= 4 is 40.5 Å². The molecule has 2 aromatic rings. The minimum absolute atomic E-state index is 0.293. The number of halogens is 2. The largest absolute Gasteiger partial charge is 0.497 e. The van der Waals surface area contributed by atoms with Crippen LogP contribution in [-0.4, -0.2) is 70.0 Å². The number of rotatable bonds is 4. The van der Waals surface area contributed by atoms with E-state index >= 15 is 0 Å². The predicted molar refractivity (Wildman–Crippen MR) is 129 cm³/mol. The van der Waals surface area contributed by atoms with E-state index in [9.17, 15) is 9.90 Å². The van der Waals surface area contributed by atoms with E-state index in [1.807, 2.05) is 41.1 Å². The van der Waals surface area contributed by atoms with Gasteiger partial charge in [0.05, 0.1) is 29.1 Å². The van der Waals surface area contributed by atoms with Crippen molar-refractivity contribution < 1.29 is 19.2 Å². The van der Waals surface area contributed by atoms with Crippen molar-refractivity contribution in [3.63, 3.8) is 0 Å². The number of benzene rings is 2. The fourth-order valence-electron chi connectivity index (χ4n) is 4.12. The molecule has 0 aliphatic carbocycles. The average molecular weight is 490 g/mol. The first-order valence-electron chi connectivity index (χ1n) is 10.8. The molecule has 1 unspecified atom stereocenters. The summed E-state index contributed by atoms with van der Waals surface area (Å²) >= 11 is 12.2. The number of hydrogen-bond donors (Lipinski definition) is 1. The number of aliphatic hydroxyl groups excluding tert-OH is 1. The van der Waals surface area contributed by atoms with Crippen molar-refractivity contribution in [3.05, 3.63) is 63.6 Å². The van der Waals surface area contributed by atoms with Gasteiger partial charge < -0.3 is 9.84 Å². The third kappa shape index (κ3) is 5.38. The van der Waals surface area contributed by atoms with Crippen molar-refractivity contribution in [1.82, 2.24) is 9.91 Å². The lowest BCUT2D eigenvalue weighted by molar-refractivity contribution is -0.560. The normalized spacial score (nSPS) is 21.7. The molecule has 0 saturated carbocycles. The van der Waals surface area contributed by atoms with E-state index in [2.05, 4.69) is 0 Å². The Kier molecular flexibility index (Phi) is 7.34. The molecule has 0 saturated heterocycles. The Hall–Kier alpha value is -2.45. The highest BCUT2D eigenvalue weighted by molar-refractivity contribution is 6.42. The number of hydrazone groups is 1. The maximum Gasteiger partial charge on any atom is 0.422 e. The molecule has 1 amide bonds. The highest BCUT2D eigenvalue weighted by atomic mass is 35.5. The predicted octanol–water partition coefficient (Wildman–Crippen LogP) is 3.86. The van der Waals surface area contributed by atoms with E-state index < -0.39 is 6.35 Å². The van der Waals surface area contributed by atoms with Gasteiger partial charge in [0.2, 0.25) is 0 Å². The topological polar surface area (TPSA) is 68.4 Å². The Morgan fingerprint density at radius 1 is 1.15 bits per heavy atom. The highest BCUT2D eigenvalue weighted by Crippen LogP contribution is 2.24. The minimum atomic E-state index is -1.16. The van der Waals surface area contributed by atoms with E-state index in [0.717, 1.165) is 35.7 Å². The number of hydrogen-bond acceptors (Lipinski definition) is 6. The van der Waals surface area contributed by atoms with Crippen molar-refractivity contribution in [2.45, 2.75) is 32.7 Å². The van der Waals surface area contributed by atoms with E-state index in [1.165, 1.54) is 10.6 Å². The molecule has 2 aliphatic rings. The van der Waals surface area contributed by atoms with Gasteiger partial charge in [-0.2, -0.15) is 5.10 Å². The smallest absolute Gasteiger partial charge is 0.422 e. The molecule has 2 aliphatic heterocycles. The first kappa shape index (κ1) is 23.7. The zero-order valence-electron chi connectivity index (χ0n) is 18.7. The van der Waals surface area contributed by atoms with Crippen LogP contribution in [0, 0.1) is 0 Å². The molecular weight excluding hydrogens is 463 g/mol. The Morgan fingerprint density at radius 2 is 1.91 bits per heavy atom. The van der Waals surface area contributed by atoms with Crippen LogP contribution in [0.25, 0.3) is 0 Å². The zero-order chi connectivity index (χ0) is 23.5. The van der Waals surface area contributed by atoms with Crippen molar-refractivity contribution in [3.8, 4) is 5.75 Å². The maximum atomic E-state index is 13.6. The lowest BCUT2D eigenvalue weighted by Crippen LogP contribution is -2.49. The number of aliphatic hydroxyl groups is 1. The Labute approximate surface area is 203 Å². The number of amides is 1. The molecule has 0 radical (unpaired) electrons. The van der Waals surface area contributed by atoms with Gasteiger partial charge >= 0.3 is 12.3 Å². The summed E-state index contributed by atoms with van der Waals surface area (Å²) in [6.07, 6.45) is 0.200. The first-order valence-corrected chi connectivity index (χ1v) is 11.6. The molecule has 2 bridgehead atoms. The van der Waals surface area contributed by atoms with Crippen LogP contribution in [0.4, 0.5) is 0 Å². The molecular formula is C24H27Cl2N4O3+. The summed E-state index contributed by atoms with van der Waals surface area (Å²) in [5.41, 5.74) is 3.09. The number of fused-ring (bicyclic) bond motifs is 1. The lowest BCUT2D eigenvalue weighted by Gasteiger charge is -2.27. The van der Waals surface area contributed by atoms with Crippen LogP contribution >= 0.6 is 23.2 Å². The van der Waals surface area contributed by atoms with Gasteiger partial charge in [0, 0.05) is 45.2 Å². The molecule has 0 spiro atoms. The Balaban J connectivity index is 1.70. The van der Waals surface area contributed by atoms with Gasteiger partial charge in [0.25, 0.3) is 0 Å². The average Bonchev–Trinajstić information content (AvgIpc) is 3.25. The SMILES string of the molecule is COc1ccc(CN2CCN3CCC(=N3)C/C(C)=[N+](/C(=O)c3ccc(Cl)c(Cl)c3)C2O)cc1. The number of carbonyl (C=O) groups is 1. The third-order valence-electron chi connectivity index (χ3n) is 5.95. The quantitative estimate of drug-likeness (QED) is 0.660. The van der Waals surface area contributed by atoms with Crippen molar-refractivity contribution in [2.24, 2.45) is 5.10 Å². The fourth-order valence-corrected chi connectivity index (χ4v) is 4.41. The van der Waals surface area contributed by atoms with Gasteiger partial charge in [0.1, 0.15) is 5.75 Å². The molecule has 2 aromatic carbocycles. The van der Waals surface area contributed by atoms with Crippen LogP contribution in [-0.2, 0) is 6.54 Å². The van der Waals surface area contributed by atoms with Crippen molar-refractivity contribution in [1.29, 1.82) is 0 Å². The second-order valence-electron chi connectivity index (χ2n) is 8.25. The van der Waals surface area contributed by atoms with Gasteiger partial charge in [-0.1, -0.05) is 35.3 Å². The van der Waals surface area contributed by atoms with Crippen LogP contribution in [0.5, 0.6) is 5.75 Å². The second kappa shape index (κ2) is 10.2. The van der Waals surface area contributed by atoms with Crippen LogP contribution in [0.3, 0.4) is 0 Å². The van der Waals surface area contributed by atoms with E-state index in [1.54, 1.807) is 19.2 Å². The summed E-state index contributed by atoms with van der Waals surface area (Å²) < 4.78 is 6.69. The standard InChI is InChI=1S/C24H27Cl2N4O3/c1-16-13-19-9-10-29(27-19)12-11-28(15-17-3-6-20(33-2)7-4-17)24(32)30(16)23(31)18-5-8-21(25)22(26)14-18/h3-8,14,24,32H,9-13,15H2,1-2H3/q+1/b30-16-. The monoisotopic (exact) mass is 489 g/mol. The third-order valence-corrected chi connectivity index (χ3v) is 6.68. The summed E-state index contributed by atoms with van der Waals surface area (Å²) in [6, 6.07) is 12.4. The maximum absolute atomic E-state index is 13.6. The zero-order valence-corrected chi connectivity index (χ0v) is 20.2. The minimum Gasteiger partial charge on any atom is -0.497 e. The Morgan fingerprint density at radius 3 is 2.61 bits per heavy atom. The lowest BCUT2D eigenvalue weighted by atomic mass is 10.1. The molecule has 7 nitrogen and oxygen atoms in total.